The summed E-state index contributed by atoms with van der Waals surface area (Å²) in [5.41, 5.74) is 4.02. The first-order valence-electron chi connectivity index (χ1n) is 10.2. The van der Waals surface area contributed by atoms with E-state index in [1.165, 1.54) is 0 Å². The van der Waals surface area contributed by atoms with Gasteiger partial charge in [0.15, 0.2) is 0 Å². The molecule has 2 aromatic heterocycles. The highest BCUT2D eigenvalue weighted by atomic mass is 16.1. The first kappa shape index (κ1) is 20.8. The number of carbonyl (C=O) groups is 1. The lowest BCUT2D eigenvalue weighted by atomic mass is 10.1. The molecule has 0 saturated carbocycles. The monoisotopic (exact) mass is 419 g/mol. The van der Waals surface area contributed by atoms with Crippen LogP contribution in [0, 0.1) is 11.3 Å². The highest BCUT2D eigenvalue weighted by Crippen LogP contribution is 2.25. The van der Waals surface area contributed by atoms with E-state index < -0.39 is 5.91 Å². The zero-order valence-corrected chi connectivity index (χ0v) is 17.5. The zero-order valence-electron chi connectivity index (χ0n) is 17.5. The van der Waals surface area contributed by atoms with E-state index in [-0.39, 0.29) is 11.6 Å². The van der Waals surface area contributed by atoms with Gasteiger partial charge in [0.25, 0.3) is 5.91 Å². The van der Waals surface area contributed by atoms with Gasteiger partial charge < -0.3 is 5.32 Å². The normalized spacial score (nSPS) is 12.1. The summed E-state index contributed by atoms with van der Waals surface area (Å²) in [5.74, 6) is -0.433. The van der Waals surface area contributed by atoms with Crippen LogP contribution in [0.5, 0.6) is 0 Å². The van der Waals surface area contributed by atoms with Gasteiger partial charge in [0, 0.05) is 29.7 Å². The SMILES string of the molecule is C[C@@H](NC(=O)/C(C#N)=C/c1cn(-c2ccccc2)nc1-c1ccncc1)c1ccccc1. The van der Waals surface area contributed by atoms with Crippen molar-refractivity contribution in [3.05, 3.63) is 108 Å². The Balaban J connectivity index is 1.69. The predicted molar refractivity (Wildman–Crippen MR) is 123 cm³/mol. The molecule has 0 radical (unpaired) electrons. The Kier molecular flexibility index (Phi) is 6.19. The van der Waals surface area contributed by atoms with Crippen LogP contribution in [0.1, 0.15) is 24.1 Å². The van der Waals surface area contributed by atoms with Gasteiger partial charge in [-0.1, -0.05) is 48.5 Å². The molecule has 6 nitrogen and oxygen atoms in total. The lowest BCUT2D eigenvalue weighted by Crippen LogP contribution is -2.27. The number of rotatable bonds is 6. The van der Waals surface area contributed by atoms with Gasteiger partial charge in [-0.3, -0.25) is 9.78 Å². The molecule has 156 valence electrons. The van der Waals surface area contributed by atoms with Crippen LogP contribution in [0.25, 0.3) is 23.0 Å². The van der Waals surface area contributed by atoms with Crippen molar-refractivity contribution >= 4 is 12.0 Å². The van der Waals surface area contributed by atoms with Crippen molar-refractivity contribution < 1.29 is 4.79 Å². The molecule has 0 spiro atoms. The fourth-order valence-electron chi connectivity index (χ4n) is 3.34. The average Bonchev–Trinajstić information content (AvgIpc) is 3.28. The van der Waals surface area contributed by atoms with Crippen molar-refractivity contribution in [1.29, 1.82) is 5.26 Å². The number of nitriles is 1. The van der Waals surface area contributed by atoms with Crippen molar-refractivity contribution in [3.63, 3.8) is 0 Å². The zero-order chi connectivity index (χ0) is 22.3. The molecule has 0 bridgehead atoms. The second-order valence-corrected chi connectivity index (χ2v) is 7.22. The summed E-state index contributed by atoms with van der Waals surface area (Å²) in [6.07, 6.45) is 6.76. The van der Waals surface area contributed by atoms with Gasteiger partial charge >= 0.3 is 0 Å². The average molecular weight is 419 g/mol. The Morgan fingerprint density at radius 2 is 1.69 bits per heavy atom. The third-order valence-electron chi connectivity index (χ3n) is 5.03. The molecule has 2 heterocycles. The van der Waals surface area contributed by atoms with Crippen LogP contribution < -0.4 is 5.32 Å². The molecule has 4 aromatic rings. The van der Waals surface area contributed by atoms with Crippen LogP contribution in [-0.2, 0) is 4.79 Å². The second kappa shape index (κ2) is 9.54. The van der Waals surface area contributed by atoms with Gasteiger partial charge in [-0.15, -0.1) is 0 Å². The molecule has 0 unspecified atom stereocenters. The molecular weight excluding hydrogens is 398 g/mol. The van der Waals surface area contributed by atoms with E-state index in [1.807, 2.05) is 92.0 Å². The fraction of sp³-hybridized carbons (Fsp3) is 0.0769. The smallest absolute Gasteiger partial charge is 0.262 e. The van der Waals surface area contributed by atoms with Gasteiger partial charge in [0.2, 0.25) is 0 Å². The predicted octanol–water partition coefficient (Wildman–Crippen LogP) is 4.72. The number of nitrogens with zero attached hydrogens (tertiary/aromatic N) is 4. The number of hydrogen-bond donors (Lipinski definition) is 1. The van der Waals surface area contributed by atoms with Gasteiger partial charge in [0.1, 0.15) is 17.3 Å². The molecule has 4 rings (SSSR count). The largest absolute Gasteiger partial charge is 0.345 e. The minimum absolute atomic E-state index is 0.00991. The Hall–Kier alpha value is -4.50. The number of para-hydroxylation sites is 1. The van der Waals surface area contributed by atoms with E-state index in [0.29, 0.717) is 11.3 Å². The molecule has 0 aliphatic heterocycles. The van der Waals surface area contributed by atoms with E-state index in [0.717, 1.165) is 16.8 Å². The van der Waals surface area contributed by atoms with Crippen LogP contribution in [0.4, 0.5) is 0 Å². The fourth-order valence-corrected chi connectivity index (χ4v) is 3.34. The maximum Gasteiger partial charge on any atom is 0.262 e. The first-order chi connectivity index (χ1) is 15.7. The molecule has 6 heteroatoms. The number of amides is 1. The summed E-state index contributed by atoms with van der Waals surface area (Å²) in [4.78, 5) is 16.9. The van der Waals surface area contributed by atoms with Gasteiger partial charge in [-0.05, 0) is 42.8 Å². The summed E-state index contributed by atoms with van der Waals surface area (Å²) in [6.45, 7) is 1.89. The Labute approximate surface area is 186 Å². The number of carbonyl (C=O) groups excluding carboxylic acids is 1. The summed E-state index contributed by atoms with van der Waals surface area (Å²) in [6, 6.07) is 24.8. The van der Waals surface area contributed by atoms with Gasteiger partial charge in [-0.2, -0.15) is 10.4 Å². The number of pyridine rings is 1. The second-order valence-electron chi connectivity index (χ2n) is 7.22. The number of benzene rings is 2. The number of aromatic nitrogens is 3. The topological polar surface area (TPSA) is 83.6 Å². The quantitative estimate of drug-likeness (QED) is 0.362. The third kappa shape index (κ3) is 4.63. The maximum atomic E-state index is 12.8. The molecule has 0 fully saturated rings. The lowest BCUT2D eigenvalue weighted by molar-refractivity contribution is -0.117. The maximum absolute atomic E-state index is 12.8. The van der Waals surface area contributed by atoms with Crippen molar-refractivity contribution in [3.8, 4) is 23.0 Å². The molecule has 32 heavy (non-hydrogen) atoms. The van der Waals surface area contributed by atoms with Crippen molar-refractivity contribution in [2.45, 2.75) is 13.0 Å². The van der Waals surface area contributed by atoms with Crippen LogP contribution in [0.15, 0.2) is 97.0 Å². The molecule has 0 saturated heterocycles. The lowest BCUT2D eigenvalue weighted by Gasteiger charge is -2.13. The summed E-state index contributed by atoms with van der Waals surface area (Å²) in [5, 5.41) is 17.3. The molecule has 1 atom stereocenters. The van der Waals surface area contributed by atoms with E-state index in [1.54, 1.807) is 23.2 Å². The Bertz CT molecular complexity index is 1270. The summed E-state index contributed by atoms with van der Waals surface area (Å²) in [7, 11) is 0. The minimum Gasteiger partial charge on any atom is -0.345 e. The molecule has 0 aliphatic rings. The van der Waals surface area contributed by atoms with E-state index in [4.69, 9.17) is 5.10 Å². The number of hydrogen-bond acceptors (Lipinski definition) is 4. The molecule has 1 N–H and O–H groups in total. The van der Waals surface area contributed by atoms with Crippen molar-refractivity contribution in [2.24, 2.45) is 0 Å². The minimum atomic E-state index is -0.433. The van der Waals surface area contributed by atoms with Crippen molar-refractivity contribution in [1.82, 2.24) is 20.1 Å². The summed E-state index contributed by atoms with van der Waals surface area (Å²) >= 11 is 0. The molecule has 0 aliphatic carbocycles. The number of nitrogens with one attached hydrogen (secondary N) is 1. The Morgan fingerprint density at radius 1 is 1.03 bits per heavy atom. The third-order valence-corrected chi connectivity index (χ3v) is 5.03. The highest BCUT2D eigenvalue weighted by Gasteiger charge is 2.17. The standard InChI is InChI=1S/C26H21N5O/c1-19(20-8-4-2-5-9-20)29-26(32)22(17-27)16-23-18-31(24-10-6-3-7-11-24)30-25(23)21-12-14-28-15-13-21/h2-16,18-19H,1H3,(H,29,32)/b22-16+/t19-/m1/s1. The molecular formula is C26H21N5O. The van der Waals surface area contributed by atoms with Crippen LogP contribution in [-0.4, -0.2) is 20.7 Å². The Morgan fingerprint density at radius 3 is 2.34 bits per heavy atom. The van der Waals surface area contributed by atoms with Crippen molar-refractivity contribution in [2.75, 3.05) is 0 Å². The highest BCUT2D eigenvalue weighted by molar-refractivity contribution is 6.02. The van der Waals surface area contributed by atoms with Gasteiger partial charge in [0.05, 0.1) is 11.7 Å². The van der Waals surface area contributed by atoms with E-state index in [9.17, 15) is 10.1 Å². The van der Waals surface area contributed by atoms with Crippen LogP contribution in [0.3, 0.4) is 0 Å². The van der Waals surface area contributed by atoms with E-state index in [2.05, 4.69) is 10.3 Å². The van der Waals surface area contributed by atoms with Gasteiger partial charge in [-0.25, -0.2) is 4.68 Å². The first-order valence-corrected chi connectivity index (χ1v) is 10.2. The van der Waals surface area contributed by atoms with Crippen LogP contribution >= 0.6 is 0 Å². The summed E-state index contributed by atoms with van der Waals surface area (Å²) < 4.78 is 1.74. The molecule has 1 amide bonds. The molecule has 2 aromatic carbocycles. The van der Waals surface area contributed by atoms with Crippen LogP contribution in [0.2, 0.25) is 0 Å². The van der Waals surface area contributed by atoms with E-state index >= 15 is 0 Å².